The molecule has 126 valence electrons. The number of benzene rings is 1. The van der Waals surface area contributed by atoms with Crippen molar-refractivity contribution in [3.63, 3.8) is 0 Å². The van der Waals surface area contributed by atoms with E-state index in [-0.39, 0.29) is 18.0 Å². The minimum Gasteiger partial charge on any atom is -0.329 e. The summed E-state index contributed by atoms with van der Waals surface area (Å²) in [6.45, 7) is 5.50. The van der Waals surface area contributed by atoms with Crippen molar-refractivity contribution < 1.29 is 22.8 Å². The molecule has 0 aliphatic heterocycles. The molecular weight excluding hydrogens is 309 g/mol. The molecule has 0 saturated heterocycles. The highest BCUT2D eigenvalue weighted by Gasteiger charge is 2.33. The summed E-state index contributed by atoms with van der Waals surface area (Å²) in [5.41, 5.74) is 0.559. The van der Waals surface area contributed by atoms with Gasteiger partial charge in [-0.25, -0.2) is 0 Å². The molecule has 7 heteroatoms. The number of anilines is 1. The first-order valence-electron chi connectivity index (χ1n) is 7.02. The van der Waals surface area contributed by atoms with Crippen molar-refractivity contribution in [1.29, 1.82) is 0 Å². The zero-order valence-electron chi connectivity index (χ0n) is 13.0. The Labute approximate surface area is 133 Å². The van der Waals surface area contributed by atoms with Crippen LogP contribution < -0.4 is 5.32 Å². The molecule has 1 aromatic carbocycles. The molecule has 0 spiro atoms. The Hall–Kier alpha value is -2.31. The number of hydrogen-bond acceptors (Lipinski definition) is 2. The molecule has 1 aromatic rings. The van der Waals surface area contributed by atoms with Gasteiger partial charge in [0.1, 0.15) is 6.54 Å². The molecule has 0 aromatic heterocycles. The third-order valence-corrected chi connectivity index (χ3v) is 2.83. The standard InChI is InChI=1S/C16H19F3N2O2/c1-4-14(22)20-13-7-5-12(6-8-13)15(23)21(9-11(2)3)10-16(17,18)19/h4-8,11H,1,9-10H2,2-3H3,(H,20,22). The summed E-state index contributed by atoms with van der Waals surface area (Å²) in [7, 11) is 0. The Morgan fingerprint density at radius 2 is 1.83 bits per heavy atom. The van der Waals surface area contributed by atoms with E-state index in [1.54, 1.807) is 13.8 Å². The lowest BCUT2D eigenvalue weighted by Gasteiger charge is -2.25. The van der Waals surface area contributed by atoms with Crippen LogP contribution in [-0.4, -0.2) is 36.0 Å². The summed E-state index contributed by atoms with van der Waals surface area (Å²) in [5.74, 6) is -1.20. The molecule has 23 heavy (non-hydrogen) atoms. The largest absolute Gasteiger partial charge is 0.406 e. The number of rotatable bonds is 6. The van der Waals surface area contributed by atoms with Gasteiger partial charge in [-0.3, -0.25) is 9.59 Å². The van der Waals surface area contributed by atoms with Crippen molar-refractivity contribution in [1.82, 2.24) is 4.90 Å². The van der Waals surface area contributed by atoms with Gasteiger partial charge in [-0.15, -0.1) is 0 Å². The number of nitrogens with one attached hydrogen (secondary N) is 1. The predicted octanol–water partition coefficient (Wildman–Crippen LogP) is 3.47. The average molecular weight is 328 g/mol. The molecule has 0 bridgehead atoms. The maximum Gasteiger partial charge on any atom is 0.406 e. The fourth-order valence-electron chi connectivity index (χ4n) is 1.95. The summed E-state index contributed by atoms with van der Waals surface area (Å²) in [6.07, 6.45) is -3.37. The summed E-state index contributed by atoms with van der Waals surface area (Å²) in [4.78, 5) is 24.2. The maximum absolute atomic E-state index is 12.6. The van der Waals surface area contributed by atoms with E-state index >= 15 is 0 Å². The van der Waals surface area contributed by atoms with Crippen LogP contribution in [0.5, 0.6) is 0 Å². The second-order valence-corrected chi connectivity index (χ2v) is 5.47. The second-order valence-electron chi connectivity index (χ2n) is 5.47. The van der Waals surface area contributed by atoms with Crippen molar-refractivity contribution in [3.8, 4) is 0 Å². The Bertz CT molecular complexity index is 566. The van der Waals surface area contributed by atoms with E-state index in [4.69, 9.17) is 0 Å². The third kappa shape index (κ3) is 6.54. The number of halogens is 3. The minimum absolute atomic E-state index is 0.00724. The molecule has 0 unspecified atom stereocenters. The van der Waals surface area contributed by atoms with Crippen LogP contribution in [0.3, 0.4) is 0 Å². The highest BCUT2D eigenvalue weighted by Crippen LogP contribution is 2.20. The van der Waals surface area contributed by atoms with Gasteiger partial charge in [0.05, 0.1) is 0 Å². The number of amides is 2. The quantitative estimate of drug-likeness (QED) is 0.813. The van der Waals surface area contributed by atoms with Crippen LogP contribution in [0.1, 0.15) is 24.2 Å². The van der Waals surface area contributed by atoms with E-state index in [1.807, 2.05) is 0 Å². The minimum atomic E-state index is -4.46. The Morgan fingerprint density at radius 3 is 2.26 bits per heavy atom. The smallest absolute Gasteiger partial charge is 0.329 e. The van der Waals surface area contributed by atoms with Crippen molar-refractivity contribution in [2.75, 3.05) is 18.4 Å². The first-order valence-corrected chi connectivity index (χ1v) is 7.02. The monoisotopic (exact) mass is 328 g/mol. The van der Waals surface area contributed by atoms with E-state index in [1.165, 1.54) is 24.3 Å². The maximum atomic E-state index is 12.6. The predicted molar refractivity (Wildman–Crippen MR) is 82.1 cm³/mol. The first-order chi connectivity index (χ1) is 10.6. The lowest BCUT2D eigenvalue weighted by molar-refractivity contribution is -0.141. The SMILES string of the molecule is C=CC(=O)Nc1ccc(C(=O)N(CC(C)C)CC(F)(F)F)cc1. The van der Waals surface area contributed by atoms with Crippen LogP contribution in [0.15, 0.2) is 36.9 Å². The zero-order chi connectivity index (χ0) is 17.6. The van der Waals surface area contributed by atoms with E-state index in [0.29, 0.717) is 5.69 Å². The number of nitrogens with zero attached hydrogens (tertiary/aromatic N) is 1. The number of alkyl halides is 3. The highest BCUT2D eigenvalue weighted by atomic mass is 19.4. The van der Waals surface area contributed by atoms with E-state index < -0.39 is 24.5 Å². The van der Waals surface area contributed by atoms with E-state index in [2.05, 4.69) is 11.9 Å². The molecular formula is C16H19F3N2O2. The summed E-state index contributed by atoms with van der Waals surface area (Å²) in [5, 5.41) is 2.50. The molecule has 0 heterocycles. The molecule has 0 fully saturated rings. The number of carbonyl (C=O) groups excluding carboxylic acids is 2. The van der Waals surface area contributed by atoms with E-state index in [9.17, 15) is 22.8 Å². The number of hydrogen-bond donors (Lipinski definition) is 1. The highest BCUT2D eigenvalue weighted by molar-refractivity contribution is 5.99. The molecule has 1 N–H and O–H groups in total. The second kappa shape index (κ2) is 7.80. The summed E-state index contributed by atoms with van der Waals surface area (Å²) in [6, 6.07) is 5.67. The van der Waals surface area contributed by atoms with Crippen molar-refractivity contribution in [3.05, 3.63) is 42.5 Å². The molecule has 0 radical (unpaired) electrons. The van der Waals surface area contributed by atoms with Crippen LogP contribution >= 0.6 is 0 Å². The summed E-state index contributed by atoms with van der Waals surface area (Å²) < 4.78 is 37.9. The summed E-state index contributed by atoms with van der Waals surface area (Å²) >= 11 is 0. The molecule has 2 amide bonds. The Kier molecular flexibility index (Phi) is 6.36. The molecule has 0 saturated carbocycles. The van der Waals surface area contributed by atoms with Crippen LogP contribution in [0.2, 0.25) is 0 Å². The van der Waals surface area contributed by atoms with Crippen LogP contribution in [0, 0.1) is 5.92 Å². The number of carbonyl (C=O) groups is 2. The lowest BCUT2D eigenvalue weighted by Crippen LogP contribution is -2.41. The third-order valence-electron chi connectivity index (χ3n) is 2.83. The van der Waals surface area contributed by atoms with Gasteiger partial charge in [-0.1, -0.05) is 20.4 Å². The van der Waals surface area contributed by atoms with Gasteiger partial charge < -0.3 is 10.2 Å². The van der Waals surface area contributed by atoms with E-state index in [0.717, 1.165) is 11.0 Å². The van der Waals surface area contributed by atoms with Crippen LogP contribution in [0.25, 0.3) is 0 Å². The van der Waals surface area contributed by atoms with Gasteiger partial charge in [-0.05, 0) is 36.3 Å². The van der Waals surface area contributed by atoms with Gasteiger partial charge >= 0.3 is 6.18 Å². The molecule has 4 nitrogen and oxygen atoms in total. The molecule has 0 aliphatic rings. The van der Waals surface area contributed by atoms with Gasteiger partial charge in [0, 0.05) is 17.8 Å². The van der Waals surface area contributed by atoms with Gasteiger partial charge in [0.15, 0.2) is 0 Å². The Morgan fingerprint density at radius 1 is 1.26 bits per heavy atom. The molecule has 0 aliphatic carbocycles. The van der Waals surface area contributed by atoms with Gasteiger partial charge in [0.2, 0.25) is 5.91 Å². The molecule has 1 rings (SSSR count). The van der Waals surface area contributed by atoms with Gasteiger partial charge in [0.25, 0.3) is 5.91 Å². The Balaban J connectivity index is 2.90. The van der Waals surface area contributed by atoms with Crippen LogP contribution in [0.4, 0.5) is 18.9 Å². The van der Waals surface area contributed by atoms with Crippen molar-refractivity contribution in [2.45, 2.75) is 20.0 Å². The average Bonchev–Trinajstić information content (AvgIpc) is 2.44. The fraction of sp³-hybridized carbons (Fsp3) is 0.375. The van der Waals surface area contributed by atoms with Gasteiger partial charge in [-0.2, -0.15) is 13.2 Å². The topological polar surface area (TPSA) is 49.4 Å². The molecule has 0 atom stereocenters. The van der Waals surface area contributed by atoms with Crippen molar-refractivity contribution in [2.24, 2.45) is 5.92 Å². The first kappa shape index (κ1) is 18.7. The van der Waals surface area contributed by atoms with Crippen LogP contribution in [-0.2, 0) is 4.79 Å². The zero-order valence-corrected chi connectivity index (χ0v) is 13.0. The fourth-order valence-corrected chi connectivity index (χ4v) is 1.95. The lowest BCUT2D eigenvalue weighted by atomic mass is 10.1. The van der Waals surface area contributed by atoms with Crippen molar-refractivity contribution >= 4 is 17.5 Å². The normalized spacial score (nSPS) is 11.2.